The highest BCUT2D eigenvalue weighted by Crippen LogP contribution is 2.12. The molecule has 0 bridgehead atoms. The second kappa shape index (κ2) is 4.70. The Labute approximate surface area is 83.3 Å². The van der Waals surface area contributed by atoms with Gasteiger partial charge in [0.25, 0.3) is 0 Å². The van der Waals surface area contributed by atoms with Crippen molar-refractivity contribution in [2.24, 2.45) is 0 Å². The van der Waals surface area contributed by atoms with Crippen molar-refractivity contribution < 1.29 is 9.18 Å². The minimum Gasteiger partial charge on any atom is -0.294 e. The third kappa shape index (κ3) is 2.80. The maximum absolute atomic E-state index is 13.1. The Kier molecular flexibility index (Phi) is 3.57. The Morgan fingerprint density at radius 1 is 1.36 bits per heavy atom. The van der Waals surface area contributed by atoms with Crippen LogP contribution in [0.25, 0.3) is 0 Å². The lowest BCUT2D eigenvalue weighted by atomic mass is 10.0. The van der Waals surface area contributed by atoms with E-state index in [1.165, 1.54) is 12.1 Å². The van der Waals surface area contributed by atoms with Gasteiger partial charge in [-0.05, 0) is 25.5 Å². The maximum atomic E-state index is 13.1. The van der Waals surface area contributed by atoms with E-state index in [1.807, 2.05) is 6.92 Å². The molecule has 0 unspecified atom stereocenters. The van der Waals surface area contributed by atoms with E-state index in [-0.39, 0.29) is 11.3 Å². The molecular weight excluding hydrogens is 179 g/mol. The number of carbonyl (C=O) groups is 1. The van der Waals surface area contributed by atoms with E-state index >= 15 is 0 Å². The molecule has 0 aromatic heterocycles. The Morgan fingerprint density at radius 2 is 2.00 bits per heavy atom. The Hall–Kier alpha value is -1.44. The molecule has 0 saturated heterocycles. The molecule has 0 N–H and O–H groups in total. The van der Waals surface area contributed by atoms with Crippen LogP contribution in [0.3, 0.4) is 0 Å². The summed E-state index contributed by atoms with van der Waals surface area (Å²) in [6.07, 6.45) is 0.948. The second-order valence-corrected chi connectivity index (χ2v) is 3.36. The van der Waals surface area contributed by atoms with Gasteiger partial charge in [-0.2, -0.15) is 0 Å². The van der Waals surface area contributed by atoms with Crippen molar-refractivity contribution in [3.05, 3.63) is 47.8 Å². The fourth-order valence-electron chi connectivity index (χ4n) is 1.15. The number of Topliss-reactive ketones (excluding diaryl/α,β-unsaturated/α-hetero) is 1. The molecule has 1 aromatic carbocycles. The minimum absolute atomic E-state index is 0.161. The van der Waals surface area contributed by atoms with Crippen LogP contribution >= 0.6 is 0 Å². The lowest BCUT2D eigenvalue weighted by Gasteiger charge is -2.01. The summed E-state index contributed by atoms with van der Waals surface area (Å²) in [7, 11) is 0. The zero-order chi connectivity index (χ0) is 10.6. The SMILES string of the molecule is C=C(C)CCC(=O)c1ccccc1F. The summed E-state index contributed by atoms with van der Waals surface area (Å²) in [5.74, 6) is -0.606. The number of rotatable bonds is 4. The molecule has 1 rings (SSSR count). The summed E-state index contributed by atoms with van der Waals surface area (Å²) < 4.78 is 13.1. The van der Waals surface area contributed by atoms with Gasteiger partial charge in [0.2, 0.25) is 0 Å². The molecule has 74 valence electrons. The molecule has 1 aromatic rings. The molecule has 0 aliphatic heterocycles. The van der Waals surface area contributed by atoms with Crippen LogP contribution in [0.15, 0.2) is 36.4 Å². The van der Waals surface area contributed by atoms with E-state index < -0.39 is 5.82 Å². The first kappa shape index (κ1) is 10.6. The van der Waals surface area contributed by atoms with Gasteiger partial charge in [-0.3, -0.25) is 4.79 Å². The third-order valence-electron chi connectivity index (χ3n) is 1.95. The lowest BCUT2D eigenvalue weighted by molar-refractivity contribution is 0.0979. The highest BCUT2D eigenvalue weighted by Gasteiger charge is 2.09. The molecule has 0 amide bonds. The van der Waals surface area contributed by atoms with Gasteiger partial charge in [0.15, 0.2) is 5.78 Å². The molecule has 0 saturated carbocycles. The van der Waals surface area contributed by atoms with E-state index in [4.69, 9.17) is 0 Å². The van der Waals surface area contributed by atoms with Crippen molar-refractivity contribution in [2.75, 3.05) is 0 Å². The van der Waals surface area contributed by atoms with Crippen LogP contribution in [-0.4, -0.2) is 5.78 Å². The van der Waals surface area contributed by atoms with Crippen LogP contribution in [-0.2, 0) is 0 Å². The van der Waals surface area contributed by atoms with Gasteiger partial charge in [-0.15, -0.1) is 6.58 Å². The monoisotopic (exact) mass is 192 g/mol. The van der Waals surface area contributed by atoms with Gasteiger partial charge in [0.05, 0.1) is 5.56 Å². The van der Waals surface area contributed by atoms with Crippen molar-refractivity contribution in [3.8, 4) is 0 Å². The first-order valence-electron chi connectivity index (χ1n) is 4.53. The van der Waals surface area contributed by atoms with Gasteiger partial charge >= 0.3 is 0 Å². The molecule has 0 fully saturated rings. The van der Waals surface area contributed by atoms with E-state index in [0.717, 1.165) is 5.57 Å². The first-order valence-corrected chi connectivity index (χ1v) is 4.53. The predicted molar refractivity (Wildman–Crippen MR) is 54.8 cm³/mol. The summed E-state index contributed by atoms with van der Waals surface area (Å²) in [6.45, 7) is 5.55. The smallest absolute Gasteiger partial charge is 0.166 e. The van der Waals surface area contributed by atoms with Crippen LogP contribution < -0.4 is 0 Å². The summed E-state index contributed by atoms with van der Waals surface area (Å²) in [6, 6.07) is 6.05. The van der Waals surface area contributed by atoms with Crippen LogP contribution in [0.2, 0.25) is 0 Å². The van der Waals surface area contributed by atoms with Crippen molar-refractivity contribution in [2.45, 2.75) is 19.8 Å². The first-order chi connectivity index (χ1) is 6.61. The summed E-state index contributed by atoms with van der Waals surface area (Å²) in [4.78, 5) is 11.5. The van der Waals surface area contributed by atoms with Gasteiger partial charge in [-0.1, -0.05) is 17.7 Å². The molecule has 0 aliphatic carbocycles. The molecular formula is C12H13FO. The Bertz CT molecular complexity index is 355. The van der Waals surface area contributed by atoms with Gasteiger partial charge < -0.3 is 0 Å². The van der Waals surface area contributed by atoms with Gasteiger partial charge in [0.1, 0.15) is 5.82 Å². The molecule has 0 spiro atoms. The Balaban J connectivity index is 2.70. The van der Waals surface area contributed by atoms with Crippen molar-refractivity contribution in [1.29, 1.82) is 0 Å². The second-order valence-electron chi connectivity index (χ2n) is 3.36. The molecule has 0 aliphatic rings. The van der Waals surface area contributed by atoms with E-state index in [2.05, 4.69) is 6.58 Å². The minimum atomic E-state index is -0.445. The van der Waals surface area contributed by atoms with Crippen LogP contribution in [0.1, 0.15) is 30.1 Å². The highest BCUT2D eigenvalue weighted by molar-refractivity contribution is 5.96. The molecule has 1 nitrogen and oxygen atoms in total. The molecule has 14 heavy (non-hydrogen) atoms. The molecule has 0 heterocycles. The van der Waals surface area contributed by atoms with Crippen LogP contribution in [0.4, 0.5) is 4.39 Å². The summed E-state index contributed by atoms with van der Waals surface area (Å²) >= 11 is 0. The average Bonchev–Trinajstić information content (AvgIpc) is 2.15. The highest BCUT2D eigenvalue weighted by atomic mass is 19.1. The fraction of sp³-hybridized carbons (Fsp3) is 0.250. The number of halogens is 1. The molecule has 2 heteroatoms. The van der Waals surface area contributed by atoms with Gasteiger partial charge in [-0.25, -0.2) is 4.39 Å². The zero-order valence-electron chi connectivity index (χ0n) is 8.22. The number of allylic oxidation sites excluding steroid dienone is 1. The maximum Gasteiger partial charge on any atom is 0.166 e. The number of benzene rings is 1. The number of carbonyl (C=O) groups excluding carboxylic acids is 1. The number of hydrogen-bond acceptors (Lipinski definition) is 1. The normalized spacial score (nSPS) is 9.86. The number of hydrogen-bond donors (Lipinski definition) is 0. The number of ketones is 1. The van der Waals surface area contributed by atoms with Crippen molar-refractivity contribution in [1.82, 2.24) is 0 Å². The quantitative estimate of drug-likeness (QED) is 0.528. The third-order valence-corrected chi connectivity index (χ3v) is 1.95. The zero-order valence-corrected chi connectivity index (χ0v) is 8.22. The van der Waals surface area contributed by atoms with Crippen molar-refractivity contribution in [3.63, 3.8) is 0 Å². The predicted octanol–water partition coefficient (Wildman–Crippen LogP) is 3.36. The van der Waals surface area contributed by atoms with Crippen molar-refractivity contribution >= 4 is 5.78 Å². The van der Waals surface area contributed by atoms with Crippen LogP contribution in [0.5, 0.6) is 0 Å². The van der Waals surface area contributed by atoms with E-state index in [9.17, 15) is 9.18 Å². The standard InChI is InChI=1S/C12H13FO/c1-9(2)7-8-12(14)10-5-3-4-6-11(10)13/h3-6H,1,7-8H2,2H3. The van der Waals surface area contributed by atoms with E-state index in [1.54, 1.807) is 12.1 Å². The summed E-state index contributed by atoms with van der Waals surface area (Å²) in [5.41, 5.74) is 1.11. The summed E-state index contributed by atoms with van der Waals surface area (Å²) in [5, 5.41) is 0. The topological polar surface area (TPSA) is 17.1 Å². The lowest BCUT2D eigenvalue weighted by Crippen LogP contribution is -2.01. The largest absolute Gasteiger partial charge is 0.294 e. The van der Waals surface area contributed by atoms with Crippen LogP contribution in [0, 0.1) is 5.82 Å². The van der Waals surface area contributed by atoms with Gasteiger partial charge in [0, 0.05) is 6.42 Å². The average molecular weight is 192 g/mol. The molecule has 0 atom stereocenters. The molecule has 0 radical (unpaired) electrons. The fourth-order valence-corrected chi connectivity index (χ4v) is 1.15. The van der Waals surface area contributed by atoms with E-state index in [0.29, 0.717) is 12.8 Å². The Morgan fingerprint density at radius 3 is 2.57 bits per heavy atom.